The van der Waals surface area contributed by atoms with E-state index in [1.807, 2.05) is 6.92 Å². The molecule has 21 heavy (non-hydrogen) atoms. The number of nitrogens with two attached hydrogens (primary N) is 1. The lowest BCUT2D eigenvalue weighted by molar-refractivity contribution is -0.383. The molecular formula is C14H12ClN3O3. The molecule has 0 aliphatic carbocycles. The number of aryl methyl sites for hydroxylation is 1. The molecular weight excluding hydrogens is 294 g/mol. The molecule has 0 radical (unpaired) electrons. The minimum atomic E-state index is -0.634. The Bertz CT molecular complexity index is 731. The maximum Gasteiger partial charge on any atom is 0.292 e. The Morgan fingerprint density at radius 2 is 2.00 bits per heavy atom. The molecule has 0 fully saturated rings. The van der Waals surface area contributed by atoms with Crippen LogP contribution in [0, 0.1) is 17.0 Å². The van der Waals surface area contributed by atoms with Gasteiger partial charge in [-0.25, -0.2) is 0 Å². The monoisotopic (exact) mass is 305 g/mol. The van der Waals surface area contributed by atoms with Crippen molar-refractivity contribution in [1.29, 1.82) is 0 Å². The van der Waals surface area contributed by atoms with Crippen molar-refractivity contribution in [3.8, 4) is 0 Å². The number of rotatable bonds is 3. The summed E-state index contributed by atoms with van der Waals surface area (Å²) in [6.45, 7) is 1.88. The van der Waals surface area contributed by atoms with Gasteiger partial charge in [0.15, 0.2) is 0 Å². The second-order valence-electron chi connectivity index (χ2n) is 4.47. The lowest BCUT2D eigenvalue weighted by atomic mass is 10.1. The highest BCUT2D eigenvalue weighted by molar-refractivity contribution is 6.34. The quantitative estimate of drug-likeness (QED) is 0.516. The molecule has 6 nitrogen and oxygen atoms in total. The van der Waals surface area contributed by atoms with Crippen LogP contribution in [0.25, 0.3) is 0 Å². The lowest BCUT2D eigenvalue weighted by Gasteiger charge is -2.08. The lowest BCUT2D eigenvalue weighted by Crippen LogP contribution is -2.13. The SMILES string of the molecule is Cc1ccc(NC(=O)c2ccc(N)c([N+](=O)[O-])c2)c(Cl)c1. The van der Waals surface area contributed by atoms with Crippen molar-refractivity contribution >= 4 is 34.6 Å². The Hall–Kier alpha value is -2.60. The summed E-state index contributed by atoms with van der Waals surface area (Å²) < 4.78 is 0. The first kappa shape index (κ1) is 14.8. The Morgan fingerprint density at radius 1 is 1.29 bits per heavy atom. The normalized spacial score (nSPS) is 10.2. The Kier molecular flexibility index (Phi) is 4.09. The van der Waals surface area contributed by atoms with Gasteiger partial charge in [-0.3, -0.25) is 14.9 Å². The fraction of sp³-hybridized carbons (Fsp3) is 0.0714. The highest BCUT2D eigenvalue weighted by Crippen LogP contribution is 2.25. The summed E-state index contributed by atoms with van der Waals surface area (Å²) in [6, 6.07) is 9.05. The van der Waals surface area contributed by atoms with E-state index in [1.165, 1.54) is 12.1 Å². The van der Waals surface area contributed by atoms with E-state index in [1.54, 1.807) is 18.2 Å². The zero-order valence-corrected chi connectivity index (χ0v) is 11.8. The summed E-state index contributed by atoms with van der Waals surface area (Å²) in [5, 5.41) is 13.8. The second-order valence-corrected chi connectivity index (χ2v) is 4.88. The van der Waals surface area contributed by atoms with Gasteiger partial charge in [0, 0.05) is 11.6 Å². The number of nitrogens with zero attached hydrogens (tertiary/aromatic N) is 1. The first-order chi connectivity index (χ1) is 9.88. The summed E-state index contributed by atoms with van der Waals surface area (Å²) >= 11 is 6.03. The predicted molar refractivity (Wildman–Crippen MR) is 81.7 cm³/mol. The second kappa shape index (κ2) is 5.80. The molecule has 0 bridgehead atoms. The van der Waals surface area contributed by atoms with Gasteiger partial charge in [0.25, 0.3) is 11.6 Å². The van der Waals surface area contributed by atoms with Gasteiger partial charge in [0.2, 0.25) is 0 Å². The number of nitrogens with one attached hydrogen (secondary N) is 1. The van der Waals surface area contributed by atoms with Crippen LogP contribution in [0.1, 0.15) is 15.9 Å². The zero-order chi connectivity index (χ0) is 15.6. The van der Waals surface area contributed by atoms with E-state index < -0.39 is 10.8 Å². The van der Waals surface area contributed by atoms with Crippen molar-refractivity contribution in [2.75, 3.05) is 11.1 Å². The molecule has 2 aromatic rings. The number of anilines is 2. The van der Waals surface area contributed by atoms with Crippen LogP contribution >= 0.6 is 11.6 Å². The van der Waals surface area contributed by atoms with Crippen molar-refractivity contribution in [3.05, 3.63) is 62.7 Å². The summed E-state index contributed by atoms with van der Waals surface area (Å²) in [5.74, 6) is -0.496. The molecule has 108 valence electrons. The smallest absolute Gasteiger partial charge is 0.292 e. The number of halogens is 1. The van der Waals surface area contributed by atoms with Crippen molar-refractivity contribution in [2.45, 2.75) is 6.92 Å². The minimum Gasteiger partial charge on any atom is -0.393 e. The van der Waals surface area contributed by atoms with Crippen molar-refractivity contribution in [3.63, 3.8) is 0 Å². The number of carbonyl (C=O) groups is 1. The molecule has 1 amide bonds. The molecule has 2 aromatic carbocycles. The summed E-state index contributed by atoms with van der Waals surface area (Å²) in [7, 11) is 0. The standard InChI is InChI=1S/C14H12ClN3O3/c1-8-2-5-12(10(15)6-8)17-14(19)9-3-4-11(16)13(7-9)18(20)21/h2-7H,16H2,1H3,(H,17,19). The molecule has 0 aromatic heterocycles. The molecule has 0 aliphatic rings. The van der Waals surface area contributed by atoms with Crippen LogP contribution in [0.5, 0.6) is 0 Å². The summed E-state index contributed by atoms with van der Waals surface area (Å²) in [5.41, 5.74) is 6.71. The highest BCUT2D eigenvalue weighted by Gasteiger charge is 2.16. The number of nitro groups is 1. The molecule has 0 saturated carbocycles. The molecule has 0 atom stereocenters. The van der Waals surface area contributed by atoms with Crippen LogP contribution in [0.3, 0.4) is 0 Å². The number of nitrogen functional groups attached to an aromatic ring is 1. The van der Waals surface area contributed by atoms with E-state index in [2.05, 4.69) is 5.32 Å². The maximum atomic E-state index is 12.1. The van der Waals surface area contributed by atoms with Crippen molar-refractivity contribution < 1.29 is 9.72 Å². The van der Waals surface area contributed by atoms with Gasteiger partial charge in [-0.2, -0.15) is 0 Å². The zero-order valence-electron chi connectivity index (χ0n) is 11.1. The molecule has 3 N–H and O–H groups in total. The van der Waals surface area contributed by atoms with Gasteiger partial charge < -0.3 is 11.1 Å². The fourth-order valence-corrected chi connectivity index (χ4v) is 2.04. The molecule has 0 aliphatic heterocycles. The van der Waals surface area contributed by atoms with Crippen LogP contribution in [0.2, 0.25) is 5.02 Å². The van der Waals surface area contributed by atoms with Gasteiger partial charge >= 0.3 is 0 Å². The molecule has 2 rings (SSSR count). The Morgan fingerprint density at radius 3 is 2.62 bits per heavy atom. The largest absolute Gasteiger partial charge is 0.393 e. The third-order valence-corrected chi connectivity index (χ3v) is 3.17. The van der Waals surface area contributed by atoms with E-state index in [4.69, 9.17) is 17.3 Å². The average Bonchev–Trinajstić information content (AvgIpc) is 2.42. The van der Waals surface area contributed by atoms with Crippen LogP contribution in [0.15, 0.2) is 36.4 Å². The van der Waals surface area contributed by atoms with Gasteiger partial charge in [0.1, 0.15) is 5.69 Å². The average molecular weight is 306 g/mol. The predicted octanol–water partition coefficient (Wildman–Crippen LogP) is 3.39. The first-order valence-electron chi connectivity index (χ1n) is 6.00. The van der Waals surface area contributed by atoms with Crippen molar-refractivity contribution in [1.82, 2.24) is 0 Å². The van der Waals surface area contributed by atoms with Gasteiger partial charge in [-0.15, -0.1) is 0 Å². The van der Waals surface area contributed by atoms with Crippen LogP contribution in [0.4, 0.5) is 17.1 Å². The molecule has 0 spiro atoms. The molecule has 0 unspecified atom stereocenters. The van der Waals surface area contributed by atoms with Gasteiger partial charge in [-0.05, 0) is 36.8 Å². The fourth-order valence-electron chi connectivity index (χ4n) is 1.76. The van der Waals surface area contributed by atoms with E-state index in [9.17, 15) is 14.9 Å². The van der Waals surface area contributed by atoms with E-state index in [0.717, 1.165) is 11.6 Å². The molecule has 7 heteroatoms. The summed E-state index contributed by atoms with van der Waals surface area (Å²) in [6.07, 6.45) is 0. The maximum absolute atomic E-state index is 12.1. The molecule has 0 heterocycles. The summed E-state index contributed by atoms with van der Waals surface area (Å²) in [4.78, 5) is 22.3. The van der Waals surface area contributed by atoms with Gasteiger partial charge in [-0.1, -0.05) is 17.7 Å². The number of nitro benzene ring substituents is 1. The number of hydrogen-bond donors (Lipinski definition) is 2. The Balaban J connectivity index is 2.28. The van der Waals surface area contributed by atoms with E-state index in [0.29, 0.717) is 10.7 Å². The van der Waals surface area contributed by atoms with Crippen LogP contribution < -0.4 is 11.1 Å². The van der Waals surface area contributed by atoms with Crippen LogP contribution in [-0.4, -0.2) is 10.8 Å². The third kappa shape index (κ3) is 3.29. The molecule has 0 saturated heterocycles. The highest BCUT2D eigenvalue weighted by atomic mass is 35.5. The van der Waals surface area contributed by atoms with Crippen molar-refractivity contribution in [2.24, 2.45) is 0 Å². The number of hydrogen-bond acceptors (Lipinski definition) is 4. The first-order valence-corrected chi connectivity index (χ1v) is 6.37. The van der Waals surface area contributed by atoms with E-state index in [-0.39, 0.29) is 16.9 Å². The van der Waals surface area contributed by atoms with Crippen LogP contribution in [-0.2, 0) is 0 Å². The third-order valence-electron chi connectivity index (χ3n) is 2.86. The number of amides is 1. The van der Waals surface area contributed by atoms with E-state index >= 15 is 0 Å². The Labute approximate surface area is 125 Å². The van der Waals surface area contributed by atoms with Gasteiger partial charge in [0.05, 0.1) is 15.6 Å². The minimum absolute atomic E-state index is 0.00455. The topological polar surface area (TPSA) is 98.3 Å². The number of benzene rings is 2. The number of carbonyl (C=O) groups excluding carboxylic acids is 1.